The van der Waals surface area contributed by atoms with Gasteiger partial charge in [0.25, 0.3) is 0 Å². The molecule has 5 heteroatoms. The van der Waals surface area contributed by atoms with Gasteiger partial charge >= 0.3 is 5.97 Å². The van der Waals surface area contributed by atoms with Crippen LogP contribution in [0, 0.1) is 0 Å². The van der Waals surface area contributed by atoms with Crippen LogP contribution in [-0.4, -0.2) is 24.7 Å². The Bertz CT molecular complexity index is 882. The van der Waals surface area contributed by atoms with Gasteiger partial charge in [0, 0.05) is 16.9 Å². The van der Waals surface area contributed by atoms with Crippen molar-refractivity contribution in [3.8, 4) is 28.3 Å². The maximum absolute atomic E-state index is 12.4. The second kappa shape index (κ2) is 7.13. The van der Waals surface area contributed by atoms with E-state index in [2.05, 4.69) is 4.98 Å². The molecular weight excluding hydrogens is 316 g/mol. The van der Waals surface area contributed by atoms with Crippen molar-refractivity contribution in [1.29, 1.82) is 0 Å². The third-order valence-corrected chi connectivity index (χ3v) is 3.94. The quantitative estimate of drug-likeness (QED) is 0.543. The van der Waals surface area contributed by atoms with E-state index >= 15 is 0 Å². The summed E-state index contributed by atoms with van der Waals surface area (Å²) in [4.78, 5) is 15.7. The summed E-state index contributed by atoms with van der Waals surface area (Å²) in [6, 6.07) is 16.8. The van der Waals surface area contributed by atoms with Crippen molar-refractivity contribution >= 4 is 11.7 Å². The number of esters is 1. The van der Waals surface area contributed by atoms with E-state index in [0.29, 0.717) is 23.6 Å². The summed E-state index contributed by atoms with van der Waals surface area (Å²) in [5.74, 6) is 0.394. The summed E-state index contributed by atoms with van der Waals surface area (Å²) in [5, 5.41) is 0. The average Bonchev–Trinajstić information content (AvgIpc) is 3.07. The van der Waals surface area contributed by atoms with Crippen LogP contribution in [0.4, 0.5) is 5.69 Å². The lowest BCUT2D eigenvalue weighted by Crippen LogP contribution is -2.05. The van der Waals surface area contributed by atoms with Gasteiger partial charge in [0.15, 0.2) is 0 Å². The van der Waals surface area contributed by atoms with Crippen LogP contribution in [0.15, 0.2) is 54.6 Å². The number of carbonyl (C=O) groups excluding carboxylic acids is 1. The minimum Gasteiger partial charge on any atom is -0.497 e. The second-order valence-electron chi connectivity index (χ2n) is 5.51. The molecule has 3 aromatic rings. The number of ether oxygens (including phenoxy) is 2. The molecule has 0 saturated carbocycles. The van der Waals surface area contributed by atoms with Crippen molar-refractivity contribution in [3.05, 3.63) is 60.2 Å². The number of hydrogen-bond acceptors (Lipinski definition) is 4. The highest BCUT2D eigenvalue weighted by molar-refractivity contribution is 5.99. The second-order valence-corrected chi connectivity index (χ2v) is 5.51. The fraction of sp³-hybridized carbons (Fsp3) is 0.150. The highest BCUT2D eigenvalue weighted by Gasteiger charge is 2.20. The molecule has 1 heterocycles. The van der Waals surface area contributed by atoms with E-state index in [-0.39, 0.29) is 5.97 Å². The predicted molar refractivity (Wildman–Crippen MR) is 98.6 cm³/mol. The number of aromatic nitrogens is 1. The maximum Gasteiger partial charge on any atom is 0.340 e. The Morgan fingerprint density at radius 1 is 1.12 bits per heavy atom. The molecule has 0 unspecified atom stereocenters. The lowest BCUT2D eigenvalue weighted by Gasteiger charge is -2.06. The summed E-state index contributed by atoms with van der Waals surface area (Å²) in [5.41, 5.74) is 10.3. The van der Waals surface area contributed by atoms with Gasteiger partial charge in [-0.15, -0.1) is 0 Å². The number of nitrogens with one attached hydrogen (secondary N) is 1. The van der Waals surface area contributed by atoms with Crippen LogP contribution in [0.2, 0.25) is 0 Å². The first-order chi connectivity index (χ1) is 12.1. The Morgan fingerprint density at radius 3 is 2.48 bits per heavy atom. The number of benzene rings is 2. The smallest absolute Gasteiger partial charge is 0.340 e. The van der Waals surface area contributed by atoms with E-state index in [9.17, 15) is 4.79 Å². The number of methoxy groups -OCH3 is 1. The number of anilines is 1. The van der Waals surface area contributed by atoms with E-state index < -0.39 is 0 Å². The number of rotatable bonds is 5. The first kappa shape index (κ1) is 16.6. The van der Waals surface area contributed by atoms with Crippen LogP contribution in [-0.2, 0) is 4.74 Å². The molecule has 0 bridgehead atoms. The Hall–Kier alpha value is -3.21. The molecule has 2 aromatic carbocycles. The van der Waals surface area contributed by atoms with Gasteiger partial charge in [-0.1, -0.05) is 18.2 Å². The SMILES string of the molecule is CCOC(=O)c1cc(-c2ccc(OC)cc2)[nH]c1-c1ccccc1N. The first-order valence-corrected chi connectivity index (χ1v) is 8.03. The summed E-state index contributed by atoms with van der Waals surface area (Å²) < 4.78 is 10.4. The van der Waals surface area contributed by atoms with Crippen LogP contribution in [0.25, 0.3) is 22.5 Å². The molecule has 0 saturated heterocycles. The lowest BCUT2D eigenvalue weighted by atomic mass is 10.1. The van der Waals surface area contributed by atoms with Gasteiger partial charge in [-0.25, -0.2) is 4.79 Å². The number of hydrogen-bond donors (Lipinski definition) is 2. The van der Waals surface area contributed by atoms with Crippen molar-refractivity contribution in [2.45, 2.75) is 6.92 Å². The summed E-state index contributed by atoms with van der Waals surface area (Å²) in [6.45, 7) is 2.09. The molecule has 0 amide bonds. The molecule has 0 radical (unpaired) electrons. The van der Waals surface area contributed by atoms with Gasteiger partial charge in [-0.2, -0.15) is 0 Å². The summed E-state index contributed by atoms with van der Waals surface area (Å²) >= 11 is 0. The highest BCUT2D eigenvalue weighted by Crippen LogP contribution is 2.33. The molecule has 0 spiro atoms. The molecule has 5 nitrogen and oxygen atoms in total. The van der Waals surface area contributed by atoms with Gasteiger partial charge in [0.2, 0.25) is 0 Å². The molecule has 128 valence electrons. The van der Waals surface area contributed by atoms with E-state index in [4.69, 9.17) is 15.2 Å². The molecule has 3 N–H and O–H groups in total. The van der Waals surface area contributed by atoms with Crippen molar-refractivity contribution in [2.24, 2.45) is 0 Å². The normalized spacial score (nSPS) is 10.5. The zero-order chi connectivity index (χ0) is 17.8. The minimum atomic E-state index is -0.378. The van der Waals surface area contributed by atoms with Gasteiger partial charge in [0.1, 0.15) is 5.75 Å². The largest absolute Gasteiger partial charge is 0.497 e. The van der Waals surface area contributed by atoms with Crippen LogP contribution < -0.4 is 10.5 Å². The summed E-state index contributed by atoms with van der Waals surface area (Å²) in [7, 11) is 1.62. The van der Waals surface area contributed by atoms with Gasteiger partial charge < -0.3 is 20.2 Å². The summed E-state index contributed by atoms with van der Waals surface area (Å²) in [6.07, 6.45) is 0. The number of H-pyrrole nitrogens is 1. The molecule has 0 fully saturated rings. The van der Waals surface area contributed by atoms with Crippen molar-refractivity contribution in [2.75, 3.05) is 19.5 Å². The molecule has 25 heavy (non-hydrogen) atoms. The van der Waals surface area contributed by atoms with E-state index in [1.165, 1.54) is 0 Å². The molecule has 0 aliphatic rings. The maximum atomic E-state index is 12.4. The Morgan fingerprint density at radius 2 is 1.84 bits per heavy atom. The van der Waals surface area contributed by atoms with Crippen LogP contribution in [0.5, 0.6) is 5.75 Å². The average molecular weight is 336 g/mol. The van der Waals surface area contributed by atoms with Crippen molar-refractivity contribution in [3.63, 3.8) is 0 Å². The Labute approximate surface area is 146 Å². The third-order valence-electron chi connectivity index (χ3n) is 3.94. The molecule has 1 aromatic heterocycles. The standard InChI is InChI=1S/C20H20N2O3/c1-3-25-20(23)16-12-18(13-8-10-14(24-2)11-9-13)22-19(16)15-6-4-5-7-17(15)21/h4-12,22H,3,21H2,1-2H3. The Balaban J connectivity index is 2.11. The third kappa shape index (κ3) is 3.35. The monoisotopic (exact) mass is 336 g/mol. The zero-order valence-corrected chi connectivity index (χ0v) is 14.2. The van der Waals surface area contributed by atoms with E-state index in [1.807, 2.05) is 42.5 Å². The molecular formula is C20H20N2O3. The van der Waals surface area contributed by atoms with Crippen molar-refractivity contribution in [1.82, 2.24) is 4.98 Å². The van der Waals surface area contributed by atoms with Crippen LogP contribution in [0.1, 0.15) is 17.3 Å². The van der Waals surface area contributed by atoms with Crippen LogP contribution in [0.3, 0.4) is 0 Å². The minimum absolute atomic E-state index is 0.311. The highest BCUT2D eigenvalue weighted by atomic mass is 16.5. The number of nitrogens with two attached hydrogens (primary N) is 1. The molecule has 0 aliphatic heterocycles. The molecule has 0 aliphatic carbocycles. The predicted octanol–water partition coefficient (Wildman–Crippen LogP) is 4.12. The first-order valence-electron chi connectivity index (χ1n) is 8.03. The van der Waals surface area contributed by atoms with E-state index in [1.54, 1.807) is 26.2 Å². The number of carbonyl (C=O) groups is 1. The molecule has 3 rings (SSSR count). The zero-order valence-electron chi connectivity index (χ0n) is 14.2. The van der Waals surface area contributed by atoms with Gasteiger partial charge in [-0.05, 0) is 48.9 Å². The van der Waals surface area contributed by atoms with Crippen molar-refractivity contribution < 1.29 is 14.3 Å². The lowest BCUT2D eigenvalue weighted by molar-refractivity contribution is 0.0527. The Kier molecular flexibility index (Phi) is 4.75. The van der Waals surface area contributed by atoms with Gasteiger partial charge in [-0.3, -0.25) is 0 Å². The number of aromatic amines is 1. The fourth-order valence-electron chi connectivity index (χ4n) is 2.69. The van der Waals surface area contributed by atoms with Crippen LogP contribution >= 0.6 is 0 Å². The van der Waals surface area contributed by atoms with Gasteiger partial charge in [0.05, 0.1) is 25.0 Å². The van der Waals surface area contributed by atoms with E-state index in [0.717, 1.165) is 22.6 Å². The fourth-order valence-corrected chi connectivity index (χ4v) is 2.69. The molecule has 0 atom stereocenters. The number of para-hydroxylation sites is 1. The number of nitrogen functional groups attached to an aromatic ring is 1. The topological polar surface area (TPSA) is 77.3 Å².